The fraction of sp³-hybridized carbons (Fsp3) is 0.500. The van der Waals surface area contributed by atoms with Gasteiger partial charge in [0.2, 0.25) is 0 Å². The summed E-state index contributed by atoms with van der Waals surface area (Å²) in [6, 6.07) is 7.33. The Morgan fingerprint density at radius 3 is 2.88 bits per heavy atom. The van der Waals surface area contributed by atoms with Crippen LogP contribution in [0.15, 0.2) is 22.7 Å². The summed E-state index contributed by atoms with van der Waals surface area (Å²) < 4.78 is 1.21. The average Bonchev–Trinajstić information content (AvgIpc) is 2.28. The van der Waals surface area contributed by atoms with Crippen LogP contribution in [0.3, 0.4) is 0 Å². The second kappa shape index (κ2) is 6.39. The van der Waals surface area contributed by atoms with E-state index < -0.39 is 0 Å². The second-order valence-electron chi connectivity index (χ2n) is 4.35. The van der Waals surface area contributed by atoms with Crippen molar-refractivity contribution in [2.24, 2.45) is 0 Å². The van der Waals surface area contributed by atoms with Crippen LogP contribution in [0, 0.1) is 0 Å². The summed E-state index contributed by atoms with van der Waals surface area (Å²) in [5.41, 5.74) is 3.05. The van der Waals surface area contributed by atoms with Crippen molar-refractivity contribution in [3.05, 3.63) is 33.8 Å². The highest BCUT2D eigenvalue weighted by atomic mass is 79.9. The molecule has 1 aromatic rings. The highest BCUT2D eigenvalue weighted by Gasteiger charge is 2.28. The zero-order valence-corrected chi connectivity index (χ0v) is 12.7. The van der Waals surface area contributed by atoms with E-state index in [1.165, 1.54) is 35.1 Å². The summed E-state index contributed by atoms with van der Waals surface area (Å²) in [7, 11) is 0. The van der Waals surface area contributed by atoms with Gasteiger partial charge in [-0.15, -0.1) is 24.8 Å². The summed E-state index contributed by atoms with van der Waals surface area (Å²) in [6.45, 7) is 4.66. The lowest BCUT2D eigenvalue weighted by Gasteiger charge is -2.40. The minimum Gasteiger partial charge on any atom is -0.314 e. The largest absolute Gasteiger partial charge is 0.314 e. The van der Waals surface area contributed by atoms with E-state index in [1.54, 1.807) is 0 Å². The van der Waals surface area contributed by atoms with Crippen molar-refractivity contribution in [2.45, 2.75) is 12.5 Å². The molecule has 0 saturated carbocycles. The van der Waals surface area contributed by atoms with E-state index in [2.05, 4.69) is 44.3 Å². The molecule has 5 heteroatoms. The van der Waals surface area contributed by atoms with Gasteiger partial charge in [0, 0.05) is 36.7 Å². The van der Waals surface area contributed by atoms with Gasteiger partial charge in [-0.1, -0.05) is 22.0 Å². The van der Waals surface area contributed by atoms with E-state index in [0.717, 1.165) is 13.1 Å². The molecular weight excluding hydrogens is 323 g/mol. The molecular formula is C12H17BrCl2N2. The Bertz CT molecular complexity index is 387. The molecule has 17 heavy (non-hydrogen) atoms. The molecule has 2 nitrogen and oxygen atoms in total. The molecule has 2 aliphatic rings. The van der Waals surface area contributed by atoms with E-state index >= 15 is 0 Å². The number of benzene rings is 1. The summed E-state index contributed by atoms with van der Waals surface area (Å²) in [4.78, 5) is 2.60. The first-order chi connectivity index (χ1) is 7.34. The molecule has 0 aliphatic carbocycles. The topological polar surface area (TPSA) is 15.3 Å². The summed E-state index contributed by atoms with van der Waals surface area (Å²) >= 11 is 3.55. The smallest absolute Gasteiger partial charge is 0.0476 e. The van der Waals surface area contributed by atoms with Gasteiger partial charge in [-0.3, -0.25) is 4.90 Å². The van der Waals surface area contributed by atoms with E-state index in [1.807, 2.05) is 0 Å². The number of fused-ring (bicyclic) bond motifs is 3. The Morgan fingerprint density at radius 2 is 2.06 bits per heavy atom. The first kappa shape index (κ1) is 15.3. The van der Waals surface area contributed by atoms with Gasteiger partial charge in [0.15, 0.2) is 0 Å². The Labute approximate surface area is 123 Å². The highest BCUT2D eigenvalue weighted by Crippen LogP contribution is 2.31. The molecule has 1 aromatic carbocycles. The highest BCUT2D eigenvalue weighted by molar-refractivity contribution is 9.10. The van der Waals surface area contributed by atoms with Crippen LogP contribution < -0.4 is 5.32 Å². The number of halogens is 3. The molecule has 2 heterocycles. The molecule has 1 atom stereocenters. The zero-order chi connectivity index (χ0) is 10.3. The normalized spacial score (nSPS) is 22.8. The summed E-state index contributed by atoms with van der Waals surface area (Å²) in [5, 5.41) is 3.49. The van der Waals surface area contributed by atoms with E-state index in [-0.39, 0.29) is 24.8 Å². The predicted molar refractivity (Wildman–Crippen MR) is 79.5 cm³/mol. The Kier molecular flexibility index (Phi) is 5.74. The Hall–Kier alpha value is 0.200. The van der Waals surface area contributed by atoms with Gasteiger partial charge in [-0.2, -0.15) is 0 Å². The molecule has 1 N–H and O–H groups in total. The average molecular weight is 340 g/mol. The van der Waals surface area contributed by atoms with Crippen molar-refractivity contribution in [1.29, 1.82) is 0 Å². The van der Waals surface area contributed by atoms with Crippen LogP contribution in [0.25, 0.3) is 0 Å². The van der Waals surface area contributed by atoms with Crippen molar-refractivity contribution in [3.63, 3.8) is 0 Å². The predicted octanol–water partition coefficient (Wildman–Crippen LogP) is 2.80. The van der Waals surface area contributed by atoms with Crippen LogP contribution in [0.2, 0.25) is 0 Å². The van der Waals surface area contributed by atoms with Crippen LogP contribution in [0.5, 0.6) is 0 Å². The maximum absolute atomic E-state index is 3.55. The van der Waals surface area contributed by atoms with E-state index in [4.69, 9.17) is 0 Å². The molecule has 1 unspecified atom stereocenters. The van der Waals surface area contributed by atoms with Gasteiger partial charge >= 0.3 is 0 Å². The van der Waals surface area contributed by atoms with Gasteiger partial charge in [0.05, 0.1) is 0 Å². The molecule has 0 radical (unpaired) electrons. The Morgan fingerprint density at radius 1 is 1.24 bits per heavy atom. The van der Waals surface area contributed by atoms with Crippen LogP contribution in [0.4, 0.5) is 0 Å². The number of nitrogens with zero attached hydrogens (tertiary/aromatic N) is 1. The zero-order valence-electron chi connectivity index (χ0n) is 9.49. The third kappa shape index (κ3) is 2.96. The van der Waals surface area contributed by atoms with Crippen molar-refractivity contribution >= 4 is 40.7 Å². The lowest BCUT2D eigenvalue weighted by molar-refractivity contribution is 0.152. The van der Waals surface area contributed by atoms with Gasteiger partial charge in [0.1, 0.15) is 0 Å². The standard InChI is InChI=1S/C12H15BrN2.2ClH/c13-10-1-2-11-9(7-10)3-5-15-6-4-14-8-12(11)15;;/h1-2,7,12,14H,3-6,8H2;2*1H. The van der Waals surface area contributed by atoms with Gasteiger partial charge in [-0.25, -0.2) is 0 Å². The maximum Gasteiger partial charge on any atom is 0.0476 e. The number of nitrogens with one attached hydrogen (secondary N) is 1. The first-order valence-corrected chi connectivity index (χ1v) is 6.37. The minimum absolute atomic E-state index is 0. The SMILES string of the molecule is Brc1ccc2c(c1)CCN1CCNCC21.Cl.Cl. The minimum atomic E-state index is 0. The molecule has 2 aliphatic heterocycles. The fourth-order valence-corrected chi connectivity index (χ4v) is 3.11. The molecule has 1 saturated heterocycles. The quantitative estimate of drug-likeness (QED) is 0.781. The first-order valence-electron chi connectivity index (χ1n) is 5.58. The Balaban J connectivity index is 0.000000722. The number of rotatable bonds is 0. The molecule has 0 spiro atoms. The van der Waals surface area contributed by atoms with Crippen molar-refractivity contribution in [2.75, 3.05) is 26.2 Å². The van der Waals surface area contributed by atoms with Crippen LogP contribution >= 0.6 is 40.7 Å². The van der Waals surface area contributed by atoms with Crippen molar-refractivity contribution in [1.82, 2.24) is 10.2 Å². The second-order valence-corrected chi connectivity index (χ2v) is 5.26. The van der Waals surface area contributed by atoms with E-state index in [0.29, 0.717) is 6.04 Å². The number of hydrogen-bond acceptors (Lipinski definition) is 2. The lowest BCUT2D eigenvalue weighted by Crippen LogP contribution is -2.48. The summed E-state index contributed by atoms with van der Waals surface area (Å²) in [6.07, 6.45) is 1.20. The summed E-state index contributed by atoms with van der Waals surface area (Å²) in [5.74, 6) is 0. The number of piperazine rings is 1. The third-order valence-corrected chi connectivity index (χ3v) is 3.98. The van der Waals surface area contributed by atoms with Crippen LogP contribution in [-0.2, 0) is 6.42 Å². The van der Waals surface area contributed by atoms with Crippen LogP contribution in [-0.4, -0.2) is 31.1 Å². The van der Waals surface area contributed by atoms with Gasteiger partial charge < -0.3 is 5.32 Å². The molecule has 0 bridgehead atoms. The fourth-order valence-electron chi connectivity index (χ4n) is 2.70. The van der Waals surface area contributed by atoms with Gasteiger partial charge in [0.25, 0.3) is 0 Å². The maximum atomic E-state index is 3.55. The number of hydrogen-bond donors (Lipinski definition) is 1. The monoisotopic (exact) mass is 338 g/mol. The molecule has 3 rings (SSSR count). The van der Waals surface area contributed by atoms with E-state index in [9.17, 15) is 0 Å². The van der Waals surface area contributed by atoms with Gasteiger partial charge in [-0.05, 0) is 29.7 Å². The third-order valence-electron chi connectivity index (χ3n) is 3.49. The molecule has 96 valence electrons. The lowest BCUT2D eigenvalue weighted by atomic mass is 9.91. The molecule has 0 aromatic heterocycles. The molecule has 1 fully saturated rings. The van der Waals surface area contributed by atoms with Crippen LogP contribution in [0.1, 0.15) is 17.2 Å². The van der Waals surface area contributed by atoms with Crippen molar-refractivity contribution < 1.29 is 0 Å². The van der Waals surface area contributed by atoms with Crippen molar-refractivity contribution in [3.8, 4) is 0 Å². The molecule has 0 amide bonds.